The Kier molecular flexibility index (Phi) is 8.75. The van der Waals surface area contributed by atoms with Gasteiger partial charge in [0.1, 0.15) is 12.1 Å². The quantitative estimate of drug-likeness (QED) is 0.783. The molecule has 25 heavy (non-hydrogen) atoms. The molecule has 3 rings (SSSR count). The van der Waals surface area contributed by atoms with Crippen LogP contribution in [0.3, 0.4) is 0 Å². The lowest BCUT2D eigenvalue weighted by atomic mass is 9.89. The zero-order chi connectivity index (χ0) is 18.9. The summed E-state index contributed by atoms with van der Waals surface area (Å²) in [5.74, 6) is 0.347. The molecule has 0 amide bonds. The molecule has 1 aromatic heterocycles. The van der Waals surface area contributed by atoms with Gasteiger partial charge in [-0.25, -0.2) is 9.37 Å². The number of halogens is 1. The van der Waals surface area contributed by atoms with E-state index in [0.717, 1.165) is 41.9 Å². The highest BCUT2D eigenvalue weighted by atomic mass is 32.2. The topological polar surface area (TPSA) is 64.8 Å². The van der Waals surface area contributed by atoms with Crippen LogP contribution in [-0.4, -0.2) is 22.6 Å². The van der Waals surface area contributed by atoms with E-state index in [2.05, 4.69) is 10.1 Å². The fourth-order valence-corrected chi connectivity index (χ4v) is 3.70. The molecule has 1 heterocycles. The Morgan fingerprint density at radius 1 is 1.00 bits per heavy atom. The third-order valence-corrected chi connectivity index (χ3v) is 5.35. The number of hydrogen-bond donors (Lipinski definition) is 0. The summed E-state index contributed by atoms with van der Waals surface area (Å²) in [5, 5.41) is 4.13. The van der Waals surface area contributed by atoms with Crippen LogP contribution in [0.2, 0.25) is 0 Å². The van der Waals surface area contributed by atoms with Crippen molar-refractivity contribution in [3.63, 3.8) is 0 Å². The van der Waals surface area contributed by atoms with Crippen molar-refractivity contribution in [2.75, 3.05) is 0 Å². The smallest absolute Gasteiger partial charge is 0.218 e. The lowest BCUT2D eigenvalue weighted by Crippen LogP contribution is -2.15. The highest BCUT2D eigenvalue weighted by Crippen LogP contribution is 2.30. The summed E-state index contributed by atoms with van der Waals surface area (Å²) in [6.45, 7) is 8.00. The van der Waals surface area contributed by atoms with Crippen LogP contribution >= 0.6 is 0 Å². The van der Waals surface area contributed by atoms with Gasteiger partial charge in [-0.1, -0.05) is 47.0 Å². The Morgan fingerprint density at radius 2 is 1.56 bits per heavy atom. The van der Waals surface area contributed by atoms with Gasteiger partial charge in [0.15, 0.2) is 5.82 Å². The van der Waals surface area contributed by atoms with E-state index < -0.39 is 15.8 Å². The van der Waals surface area contributed by atoms with E-state index in [1.165, 1.54) is 24.9 Å². The van der Waals surface area contributed by atoms with E-state index in [-0.39, 0.29) is 10.8 Å². The first kappa shape index (κ1) is 21.3. The molecule has 7 heteroatoms. The van der Waals surface area contributed by atoms with Crippen molar-refractivity contribution in [3.8, 4) is 0 Å². The van der Waals surface area contributed by atoms with E-state index >= 15 is 0 Å². The first-order chi connectivity index (χ1) is 12.1. The Labute approximate surface area is 150 Å². The van der Waals surface area contributed by atoms with Gasteiger partial charge >= 0.3 is 0 Å². The predicted molar refractivity (Wildman–Crippen MR) is 97.5 cm³/mol. The summed E-state index contributed by atoms with van der Waals surface area (Å²) >= 11 is 0. The van der Waals surface area contributed by atoms with Gasteiger partial charge in [0, 0.05) is 5.92 Å². The van der Waals surface area contributed by atoms with Crippen LogP contribution in [0.25, 0.3) is 0 Å². The van der Waals surface area contributed by atoms with Crippen molar-refractivity contribution in [1.29, 1.82) is 0 Å². The van der Waals surface area contributed by atoms with Crippen LogP contribution in [0.15, 0.2) is 35.5 Å². The average molecular weight is 370 g/mol. The number of rotatable bonds is 3. The lowest BCUT2D eigenvalue weighted by Gasteiger charge is -2.18. The minimum absolute atomic E-state index is 0.00370. The van der Waals surface area contributed by atoms with E-state index in [1.54, 1.807) is 0 Å². The molecule has 0 N–H and O–H groups in total. The van der Waals surface area contributed by atoms with E-state index in [4.69, 9.17) is 0 Å². The van der Waals surface area contributed by atoms with Crippen LogP contribution < -0.4 is 0 Å². The van der Waals surface area contributed by atoms with Crippen molar-refractivity contribution < 1.29 is 12.8 Å². The van der Waals surface area contributed by atoms with Gasteiger partial charge in [0.05, 0.1) is 4.90 Å². The van der Waals surface area contributed by atoms with E-state index in [9.17, 15) is 12.8 Å². The molecule has 5 nitrogen and oxygen atoms in total. The third kappa shape index (κ3) is 5.36. The van der Waals surface area contributed by atoms with Crippen LogP contribution in [-0.2, 0) is 10.0 Å². The fourth-order valence-electron chi connectivity index (χ4n) is 2.64. The maximum absolute atomic E-state index is 12.9. The first-order valence-electron chi connectivity index (χ1n) is 9.00. The normalized spacial score (nSPS) is 14.8. The minimum atomic E-state index is -3.80. The van der Waals surface area contributed by atoms with Crippen molar-refractivity contribution in [1.82, 2.24) is 14.2 Å². The number of aromatic nitrogens is 3. The molecule has 1 fully saturated rings. The second-order valence-electron chi connectivity index (χ2n) is 5.27. The zero-order valence-electron chi connectivity index (χ0n) is 15.4. The summed E-state index contributed by atoms with van der Waals surface area (Å²) in [4.78, 5) is 4.15. The van der Waals surface area contributed by atoms with Gasteiger partial charge < -0.3 is 0 Å². The maximum atomic E-state index is 12.9. The fraction of sp³-hybridized carbons (Fsp3) is 0.556. The molecule has 2 aromatic rings. The van der Waals surface area contributed by atoms with Crippen molar-refractivity contribution in [2.24, 2.45) is 0 Å². The molecule has 0 spiro atoms. The molecule has 140 valence electrons. The molecule has 1 aromatic carbocycles. The number of benzene rings is 1. The molecule has 1 saturated carbocycles. The summed E-state index contributed by atoms with van der Waals surface area (Å²) in [7, 11) is -3.80. The van der Waals surface area contributed by atoms with Gasteiger partial charge in [0.25, 0.3) is 10.0 Å². The third-order valence-electron chi connectivity index (χ3n) is 3.82. The van der Waals surface area contributed by atoms with Gasteiger partial charge in [-0.3, -0.25) is 0 Å². The van der Waals surface area contributed by atoms with Crippen LogP contribution in [0.1, 0.15) is 71.5 Å². The SMILES string of the molecule is CC.CC.O=S(=O)(c1ccc(F)cc1)n1cnc(C2CCCCC2)n1. The molecule has 1 aliphatic rings. The van der Waals surface area contributed by atoms with Crippen LogP contribution in [0, 0.1) is 5.82 Å². The van der Waals surface area contributed by atoms with Crippen LogP contribution in [0.5, 0.6) is 0 Å². The largest absolute Gasteiger partial charge is 0.284 e. The summed E-state index contributed by atoms with van der Waals surface area (Å²) < 4.78 is 38.5. The Bertz CT molecular complexity index is 721. The molecular weight excluding hydrogens is 341 g/mol. The highest BCUT2D eigenvalue weighted by molar-refractivity contribution is 7.89. The molecule has 0 radical (unpaired) electrons. The van der Waals surface area contributed by atoms with Crippen molar-refractivity contribution in [2.45, 2.75) is 70.6 Å². The molecule has 0 bridgehead atoms. The average Bonchev–Trinajstić information content (AvgIpc) is 3.17. The molecule has 0 aliphatic heterocycles. The summed E-state index contributed by atoms with van der Waals surface area (Å²) in [6, 6.07) is 4.69. The molecular formula is C18H28FN3O2S. The number of hydrogen-bond acceptors (Lipinski definition) is 4. The molecule has 0 saturated heterocycles. The second kappa shape index (κ2) is 10.3. The maximum Gasteiger partial charge on any atom is 0.284 e. The van der Waals surface area contributed by atoms with E-state index in [0.29, 0.717) is 5.82 Å². The van der Waals surface area contributed by atoms with Crippen LogP contribution in [0.4, 0.5) is 4.39 Å². The summed E-state index contributed by atoms with van der Waals surface area (Å²) in [6.07, 6.45) is 6.70. The highest BCUT2D eigenvalue weighted by Gasteiger charge is 2.23. The Balaban J connectivity index is 0.000000730. The predicted octanol–water partition coefficient (Wildman–Crippen LogP) is 4.75. The molecule has 1 aliphatic carbocycles. The minimum Gasteiger partial charge on any atom is -0.218 e. The Morgan fingerprint density at radius 3 is 2.12 bits per heavy atom. The van der Waals surface area contributed by atoms with Gasteiger partial charge in [-0.15, -0.1) is 9.19 Å². The molecule has 0 atom stereocenters. The summed E-state index contributed by atoms with van der Waals surface area (Å²) in [5.41, 5.74) is 0. The second-order valence-corrected chi connectivity index (χ2v) is 7.06. The van der Waals surface area contributed by atoms with Gasteiger partial charge in [-0.2, -0.15) is 8.42 Å². The standard InChI is InChI=1S/C14H16FN3O2S.2C2H6/c15-12-6-8-13(9-7-12)21(19,20)18-10-16-14(17-18)11-4-2-1-3-5-11;2*1-2/h6-11H,1-5H2;2*1-2H3. The molecule has 0 unspecified atom stereocenters. The van der Waals surface area contributed by atoms with Crippen molar-refractivity contribution >= 4 is 10.0 Å². The monoisotopic (exact) mass is 369 g/mol. The van der Waals surface area contributed by atoms with Gasteiger partial charge in [-0.05, 0) is 37.1 Å². The van der Waals surface area contributed by atoms with E-state index in [1.807, 2.05) is 27.7 Å². The van der Waals surface area contributed by atoms with Gasteiger partial charge in [0.2, 0.25) is 0 Å². The Hall–Kier alpha value is -1.76. The first-order valence-corrected chi connectivity index (χ1v) is 10.4. The number of nitrogens with zero attached hydrogens (tertiary/aromatic N) is 3. The van der Waals surface area contributed by atoms with Crippen molar-refractivity contribution in [3.05, 3.63) is 42.2 Å². The lowest BCUT2D eigenvalue weighted by molar-refractivity contribution is 0.428. The zero-order valence-corrected chi connectivity index (χ0v) is 16.3.